The summed E-state index contributed by atoms with van der Waals surface area (Å²) >= 11 is 0. The second-order valence-electron chi connectivity index (χ2n) is 7.24. The van der Waals surface area contributed by atoms with Crippen molar-refractivity contribution >= 4 is 41.9 Å². The summed E-state index contributed by atoms with van der Waals surface area (Å²) in [5.74, 6) is -0.543. The predicted molar refractivity (Wildman–Crippen MR) is 108 cm³/mol. The standard InChI is InChI=1S/C21H24N3O6/c1-14(2)15(3)20(27)22(13-25)10-18-11-24(21(28)30-18)17-6-4-16(5-7-17)23-8-9-29-12-19(23)26/h4-7,11,13,18H,8-10,12H2,1-3H3/q+1. The highest BCUT2D eigenvalue weighted by Crippen LogP contribution is 2.23. The van der Waals surface area contributed by atoms with Crippen molar-refractivity contribution in [3.8, 4) is 0 Å². The summed E-state index contributed by atoms with van der Waals surface area (Å²) in [5.41, 5.74) is 2.54. The van der Waals surface area contributed by atoms with Gasteiger partial charge in [0, 0.05) is 29.9 Å². The molecule has 2 heterocycles. The Hall–Kier alpha value is -3.33. The van der Waals surface area contributed by atoms with Crippen molar-refractivity contribution in [2.75, 3.05) is 31.2 Å². The van der Waals surface area contributed by atoms with Crippen LogP contribution in [0.1, 0.15) is 20.8 Å². The fourth-order valence-corrected chi connectivity index (χ4v) is 3.10. The van der Waals surface area contributed by atoms with Crippen LogP contribution in [0.2, 0.25) is 0 Å². The highest BCUT2D eigenvalue weighted by molar-refractivity contribution is 5.99. The smallest absolute Gasteiger partial charge is 0.396 e. The Labute approximate surface area is 174 Å². The van der Waals surface area contributed by atoms with E-state index in [1.807, 2.05) is 0 Å². The maximum absolute atomic E-state index is 12.4. The van der Waals surface area contributed by atoms with Gasteiger partial charge in [-0.15, -0.1) is 0 Å². The summed E-state index contributed by atoms with van der Waals surface area (Å²) in [6, 6.07) is 6.89. The molecule has 1 aromatic rings. The Kier molecular flexibility index (Phi) is 6.41. The third kappa shape index (κ3) is 4.46. The van der Waals surface area contributed by atoms with Crippen LogP contribution in [-0.2, 0) is 23.9 Å². The number of anilines is 1. The largest absolute Gasteiger partial charge is 0.603 e. The lowest BCUT2D eigenvalue weighted by atomic mass is 10.1. The number of nitrogens with zero attached hydrogens (tertiary/aromatic N) is 3. The molecule has 2 aliphatic heterocycles. The van der Waals surface area contributed by atoms with E-state index in [1.165, 1.54) is 10.8 Å². The number of cyclic esters (lactones) is 1. The fraction of sp³-hybridized carbons (Fsp3) is 0.381. The monoisotopic (exact) mass is 414 g/mol. The van der Waals surface area contributed by atoms with Crippen molar-refractivity contribution in [3.63, 3.8) is 0 Å². The van der Waals surface area contributed by atoms with Gasteiger partial charge in [-0.2, -0.15) is 4.79 Å². The van der Waals surface area contributed by atoms with Crippen LogP contribution in [-0.4, -0.2) is 72.4 Å². The molecule has 1 saturated heterocycles. The van der Waals surface area contributed by atoms with Gasteiger partial charge in [-0.1, -0.05) is 10.1 Å². The number of morpholine rings is 1. The van der Waals surface area contributed by atoms with Crippen LogP contribution in [0.15, 0.2) is 35.4 Å². The second-order valence-corrected chi connectivity index (χ2v) is 7.24. The minimum Gasteiger partial charge on any atom is -0.396 e. The number of ether oxygens (including phenoxy) is 2. The Morgan fingerprint density at radius 1 is 1.23 bits per heavy atom. The van der Waals surface area contributed by atoms with Crippen LogP contribution in [0.3, 0.4) is 0 Å². The number of carbonyl (C=O) groups excluding carboxylic acids is 4. The molecule has 0 radical (unpaired) electrons. The van der Waals surface area contributed by atoms with E-state index < -0.39 is 18.1 Å². The Morgan fingerprint density at radius 2 is 1.93 bits per heavy atom. The average Bonchev–Trinajstić information content (AvgIpc) is 3.11. The first-order valence-electron chi connectivity index (χ1n) is 9.55. The molecule has 0 aliphatic carbocycles. The molecule has 0 bridgehead atoms. The average molecular weight is 414 g/mol. The second kappa shape index (κ2) is 9.00. The van der Waals surface area contributed by atoms with Crippen LogP contribution in [0.5, 0.6) is 0 Å². The maximum atomic E-state index is 12.4. The molecule has 2 aliphatic rings. The van der Waals surface area contributed by atoms with Crippen LogP contribution >= 0.6 is 0 Å². The zero-order chi connectivity index (χ0) is 21.8. The molecule has 0 saturated carbocycles. The summed E-state index contributed by atoms with van der Waals surface area (Å²) in [5, 5.41) is 0. The van der Waals surface area contributed by atoms with Crippen molar-refractivity contribution in [3.05, 3.63) is 35.4 Å². The van der Waals surface area contributed by atoms with E-state index >= 15 is 0 Å². The van der Waals surface area contributed by atoms with Crippen LogP contribution in [0, 0.1) is 0 Å². The lowest BCUT2D eigenvalue weighted by Gasteiger charge is -2.26. The fourth-order valence-electron chi connectivity index (χ4n) is 3.10. The van der Waals surface area contributed by atoms with Gasteiger partial charge in [-0.3, -0.25) is 19.3 Å². The molecule has 1 unspecified atom stereocenters. The van der Waals surface area contributed by atoms with Crippen LogP contribution < -0.4 is 4.90 Å². The van der Waals surface area contributed by atoms with Gasteiger partial charge in [0.1, 0.15) is 6.61 Å². The van der Waals surface area contributed by atoms with Crippen molar-refractivity contribution in [1.29, 1.82) is 0 Å². The van der Waals surface area contributed by atoms with E-state index in [4.69, 9.17) is 9.47 Å². The van der Waals surface area contributed by atoms with Gasteiger partial charge in [-0.05, 0) is 32.9 Å². The zero-order valence-electron chi connectivity index (χ0n) is 17.2. The summed E-state index contributed by atoms with van der Waals surface area (Å²) in [6.07, 6.45) is 0.607. The molecule has 9 heteroatoms. The summed E-state index contributed by atoms with van der Waals surface area (Å²) in [6.45, 7) is 6.13. The summed E-state index contributed by atoms with van der Waals surface area (Å²) < 4.78 is 11.7. The first kappa shape index (κ1) is 21.4. The van der Waals surface area contributed by atoms with Gasteiger partial charge in [0.05, 0.1) is 13.2 Å². The predicted octanol–water partition coefficient (Wildman–Crippen LogP) is 1.62. The quantitative estimate of drug-likeness (QED) is 0.399. The van der Waals surface area contributed by atoms with Crippen LogP contribution in [0.25, 0.3) is 0 Å². The first-order valence-corrected chi connectivity index (χ1v) is 9.55. The molecule has 9 nitrogen and oxygen atoms in total. The number of hydrogen-bond donors (Lipinski definition) is 0. The van der Waals surface area contributed by atoms with E-state index in [-0.39, 0.29) is 19.1 Å². The Balaban J connectivity index is 1.74. The molecule has 1 atom stereocenters. The number of benzene rings is 1. The van der Waals surface area contributed by atoms with Crippen LogP contribution in [0.4, 0.5) is 16.2 Å². The van der Waals surface area contributed by atoms with Gasteiger partial charge in [0.15, 0.2) is 0 Å². The third-order valence-electron chi connectivity index (χ3n) is 5.03. The summed E-state index contributed by atoms with van der Waals surface area (Å²) in [4.78, 5) is 50.6. The molecule has 30 heavy (non-hydrogen) atoms. The first-order chi connectivity index (χ1) is 14.3. The van der Waals surface area contributed by atoms with Crippen molar-refractivity contribution in [2.45, 2.75) is 26.9 Å². The van der Waals surface area contributed by atoms with Gasteiger partial charge < -0.3 is 14.4 Å². The third-order valence-corrected chi connectivity index (χ3v) is 5.03. The van der Waals surface area contributed by atoms with E-state index in [0.717, 1.165) is 10.5 Å². The summed E-state index contributed by atoms with van der Waals surface area (Å²) in [7, 11) is 0. The minimum atomic E-state index is -0.753. The molecule has 0 N–H and O–H groups in total. The highest BCUT2D eigenvalue weighted by atomic mass is 16.6. The normalized spacial score (nSPS) is 18.6. The number of rotatable bonds is 6. The Morgan fingerprint density at radius 3 is 2.53 bits per heavy atom. The van der Waals surface area contributed by atoms with Crippen molar-refractivity contribution in [2.24, 2.45) is 0 Å². The van der Waals surface area contributed by atoms with Gasteiger partial charge in [0.25, 0.3) is 11.8 Å². The van der Waals surface area contributed by atoms with Gasteiger partial charge in [-0.25, -0.2) is 0 Å². The molecule has 158 valence electrons. The minimum absolute atomic E-state index is 0.0494. The van der Waals surface area contributed by atoms with Crippen molar-refractivity contribution < 1.29 is 33.2 Å². The van der Waals surface area contributed by atoms with Gasteiger partial charge >= 0.3 is 6.09 Å². The van der Waals surface area contributed by atoms with E-state index in [0.29, 0.717) is 36.5 Å². The number of amides is 4. The topological polar surface area (TPSA) is 96.2 Å². The number of carbonyl (C=O) groups is 4. The van der Waals surface area contributed by atoms with E-state index in [1.54, 1.807) is 49.9 Å². The molecule has 4 amide bonds. The molecule has 1 aromatic carbocycles. The molecule has 3 rings (SSSR count). The maximum Gasteiger partial charge on any atom is 0.603 e. The number of imide groups is 1. The van der Waals surface area contributed by atoms with Gasteiger partial charge in [0.2, 0.25) is 24.4 Å². The van der Waals surface area contributed by atoms with E-state index in [9.17, 15) is 19.2 Å². The Bertz CT molecular complexity index is 931. The van der Waals surface area contributed by atoms with E-state index in [2.05, 4.69) is 0 Å². The lowest BCUT2D eigenvalue weighted by Crippen LogP contribution is -2.41. The highest BCUT2D eigenvalue weighted by Gasteiger charge is 2.37. The zero-order valence-corrected chi connectivity index (χ0v) is 17.2. The molecular weight excluding hydrogens is 390 g/mol. The molecular formula is C21H24N3O6+. The van der Waals surface area contributed by atoms with Crippen molar-refractivity contribution in [1.82, 2.24) is 4.90 Å². The number of allylic oxidation sites excluding steroid dienone is 1. The molecule has 0 spiro atoms. The molecule has 1 fully saturated rings. The number of hydrogen-bond acceptors (Lipinski definition) is 6. The SMILES string of the molecule is CC(C)=C(C)C(=O)N(C=O)CC1C=[N+](c2ccc(N3CCOCC3=O)cc2)C(=O)O1. The lowest BCUT2D eigenvalue weighted by molar-refractivity contribution is -0.335. The molecule has 0 aromatic heterocycles.